The lowest BCUT2D eigenvalue weighted by Gasteiger charge is -2.05. The number of nitrogens with one attached hydrogen (secondary N) is 1. The standard InChI is InChI=1S/C11H6BrCl2N3O/c12-8-3-1-6(5-15-8)16-11(18)10-7(13)2-4-9(14)17-10/h1-5H,(H,16,18). The van der Waals surface area contributed by atoms with Gasteiger partial charge < -0.3 is 5.32 Å². The van der Waals surface area contributed by atoms with Crippen molar-refractivity contribution in [1.82, 2.24) is 9.97 Å². The number of aromatic nitrogens is 2. The first-order chi connectivity index (χ1) is 8.56. The molecule has 1 amide bonds. The maximum absolute atomic E-state index is 11.9. The highest BCUT2D eigenvalue weighted by molar-refractivity contribution is 9.10. The molecule has 0 aliphatic heterocycles. The van der Waals surface area contributed by atoms with E-state index in [0.717, 1.165) is 0 Å². The van der Waals surface area contributed by atoms with Gasteiger partial charge in [0, 0.05) is 0 Å². The predicted octanol–water partition coefficient (Wildman–Crippen LogP) is 3.80. The van der Waals surface area contributed by atoms with Gasteiger partial charge in [-0.2, -0.15) is 0 Å². The number of anilines is 1. The highest BCUT2D eigenvalue weighted by atomic mass is 79.9. The summed E-state index contributed by atoms with van der Waals surface area (Å²) in [5.74, 6) is -0.438. The number of carbonyl (C=O) groups is 1. The molecule has 0 radical (unpaired) electrons. The molecule has 0 atom stereocenters. The van der Waals surface area contributed by atoms with E-state index >= 15 is 0 Å². The molecule has 18 heavy (non-hydrogen) atoms. The third-order valence-corrected chi connectivity index (χ3v) is 3.00. The van der Waals surface area contributed by atoms with E-state index in [9.17, 15) is 4.79 Å². The van der Waals surface area contributed by atoms with Gasteiger partial charge in [-0.3, -0.25) is 4.79 Å². The van der Waals surface area contributed by atoms with Crippen LogP contribution in [0.3, 0.4) is 0 Å². The molecular formula is C11H6BrCl2N3O. The van der Waals surface area contributed by atoms with E-state index in [2.05, 4.69) is 31.2 Å². The Morgan fingerprint density at radius 2 is 2.00 bits per heavy atom. The van der Waals surface area contributed by atoms with Crippen LogP contribution in [0, 0.1) is 0 Å². The van der Waals surface area contributed by atoms with Gasteiger partial charge in [-0.05, 0) is 40.2 Å². The highest BCUT2D eigenvalue weighted by Crippen LogP contribution is 2.18. The van der Waals surface area contributed by atoms with Crippen molar-refractivity contribution in [2.24, 2.45) is 0 Å². The van der Waals surface area contributed by atoms with Crippen LogP contribution in [-0.4, -0.2) is 15.9 Å². The summed E-state index contributed by atoms with van der Waals surface area (Å²) in [6, 6.07) is 6.45. The quantitative estimate of drug-likeness (QED) is 0.841. The Morgan fingerprint density at radius 3 is 2.67 bits per heavy atom. The van der Waals surface area contributed by atoms with E-state index in [1.165, 1.54) is 18.3 Å². The summed E-state index contributed by atoms with van der Waals surface area (Å²) >= 11 is 14.8. The Labute approximate surface area is 121 Å². The molecule has 0 bridgehead atoms. The zero-order chi connectivity index (χ0) is 13.1. The van der Waals surface area contributed by atoms with Crippen molar-refractivity contribution in [1.29, 1.82) is 0 Å². The number of hydrogen-bond acceptors (Lipinski definition) is 3. The summed E-state index contributed by atoms with van der Waals surface area (Å²) in [6.07, 6.45) is 1.51. The van der Waals surface area contributed by atoms with Crippen LogP contribution in [0.5, 0.6) is 0 Å². The molecule has 1 N–H and O–H groups in total. The summed E-state index contributed by atoms with van der Waals surface area (Å²) in [4.78, 5) is 19.8. The van der Waals surface area contributed by atoms with Gasteiger partial charge in [-0.1, -0.05) is 23.2 Å². The topological polar surface area (TPSA) is 54.9 Å². The molecule has 2 rings (SSSR count). The SMILES string of the molecule is O=C(Nc1ccc(Br)nc1)c1nc(Cl)ccc1Cl. The van der Waals surface area contributed by atoms with E-state index in [1.807, 2.05) is 0 Å². The molecule has 2 heterocycles. The maximum Gasteiger partial charge on any atom is 0.275 e. The molecule has 2 aromatic rings. The number of rotatable bonds is 2. The average molecular weight is 347 g/mol. The summed E-state index contributed by atoms with van der Waals surface area (Å²) in [5, 5.41) is 3.07. The van der Waals surface area contributed by atoms with Crippen LogP contribution >= 0.6 is 39.1 Å². The van der Waals surface area contributed by atoms with Gasteiger partial charge in [0.15, 0.2) is 0 Å². The smallest absolute Gasteiger partial charge is 0.275 e. The molecule has 2 aromatic heterocycles. The largest absolute Gasteiger partial charge is 0.319 e. The van der Waals surface area contributed by atoms with Crippen molar-refractivity contribution in [3.8, 4) is 0 Å². The molecule has 0 fully saturated rings. The third kappa shape index (κ3) is 3.19. The van der Waals surface area contributed by atoms with E-state index in [1.54, 1.807) is 12.1 Å². The van der Waals surface area contributed by atoms with Crippen LogP contribution in [0.2, 0.25) is 10.2 Å². The zero-order valence-electron chi connectivity index (χ0n) is 8.82. The molecule has 0 unspecified atom stereocenters. The van der Waals surface area contributed by atoms with Gasteiger partial charge in [-0.25, -0.2) is 9.97 Å². The Hall–Kier alpha value is -1.17. The zero-order valence-corrected chi connectivity index (χ0v) is 11.9. The fourth-order valence-electron chi connectivity index (χ4n) is 1.22. The van der Waals surface area contributed by atoms with Gasteiger partial charge >= 0.3 is 0 Å². The Bertz CT molecular complexity index is 589. The van der Waals surface area contributed by atoms with Gasteiger partial charge in [0.1, 0.15) is 15.5 Å². The molecule has 7 heteroatoms. The minimum Gasteiger partial charge on any atom is -0.319 e. The Morgan fingerprint density at radius 1 is 1.22 bits per heavy atom. The van der Waals surface area contributed by atoms with Crippen molar-refractivity contribution in [2.45, 2.75) is 0 Å². The molecule has 0 spiro atoms. The van der Waals surface area contributed by atoms with E-state index in [-0.39, 0.29) is 15.9 Å². The Kier molecular flexibility index (Phi) is 4.16. The van der Waals surface area contributed by atoms with Crippen LogP contribution in [0.4, 0.5) is 5.69 Å². The first-order valence-electron chi connectivity index (χ1n) is 4.81. The van der Waals surface area contributed by atoms with Crippen LogP contribution in [0.1, 0.15) is 10.5 Å². The maximum atomic E-state index is 11.9. The fourth-order valence-corrected chi connectivity index (χ4v) is 1.79. The number of hydrogen-bond donors (Lipinski definition) is 1. The van der Waals surface area contributed by atoms with Crippen LogP contribution < -0.4 is 5.32 Å². The lowest BCUT2D eigenvalue weighted by Crippen LogP contribution is -2.14. The monoisotopic (exact) mass is 345 g/mol. The van der Waals surface area contributed by atoms with Crippen molar-refractivity contribution < 1.29 is 4.79 Å². The second-order valence-corrected chi connectivity index (χ2v) is 4.90. The molecular weight excluding hydrogens is 341 g/mol. The van der Waals surface area contributed by atoms with E-state index in [4.69, 9.17) is 23.2 Å². The first kappa shape index (κ1) is 13.3. The molecule has 92 valence electrons. The van der Waals surface area contributed by atoms with Gasteiger partial charge in [0.25, 0.3) is 5.91 Å². The van der Waals surface area contributed by atoms with Crippen molar-refractivity contribution in [3.05, 3.63) is 50.9 Å². The molecule has 0 saturated carbocycles. The lowest BCUT2D eigenvalue weighted by molar-refractivity contribution is 0.102. The molecule has 0 saturated heterocycles. The number of carbonyl (C=O) groups excluding carboxylic acids is 1. The van der Waals surface area contributed by atoms with Crippen LogP contribution in [0.25, 0.3) is 0 Å². The number of nitrogens with zero attached hydrogens (tertiary/aromatic N) is 2. The third-order valence-electron chi connectivity index (χ3n) is 2.01. The van der Waals surface area contributed by atoms with Crippen molar-refractivity contribution in [3.63, 3.8) is 0 Å². The highest BCUT2D eigenvalue weighted by Gasteiger charge is 2.13. The van der Waals surface area contributed by atoms with E-state index < -0.39 is 5.91 Å². The van der Waals surface area contributed by atoms with E-state index in [0.29, 0.717) is 10.3 Å². The summed E-state index contributed by atoms with van der Waals surface area (Å²) < 4.78 is 0.680. The fraction of sp³-hybridized carbons (Fsp3) is 0. The average Bonchev–Trinajstić information content (AvgIpc) is 2.35. The van der Waals surface area contributed by atoms with Gasteiger partial charge in [-0.15, -0.1) is 0 Å². The normalized spacial score (nSPS) is 10.2. The van der Waals surface area contributed by atoms with Crippen LogP contribution in [-0.2, 0) is 0 Å². The van der Waals surface area contributed by atoms with Crippen LogP contribution in [0.15, 0.2) is 35.1 Å². The van der Waals surface area contributed by atoms with Gasteiger partial charge in [0.2, 0.25) is 0 Å². The molecule has 4 nitrogen and oxygen atoms in total. The number of halogens is 3. The van der Waals surface area contributed by atoms with Crippen molar-refractivity contribution >= 4 is 50.7 Å². The number of pyridine rings is 2. The molecule has 0 aliphatic carbocycles. The van der Waals surface area contributed by atoms with Crippen molar-refractivity contribution in [2.75, 3.05) is 5.32 Å². The first-order valence-corrected chi connectivity index (χ1v) is 6.36. The predicted molar refractivity (Wildman–Crippen MR) is 74.1 cm³/mol. The summed E-state index contributed by atoms with van der Waals surface area (Å²) in [6.45, 7) is 0. The Balaban J connectivity index is 2.21. The van der Waals surface area contributed by atoms with Gasteiger partial charge in [0.05, 0.1) is 16.9 Å². The number of amides is 1. The second-order valence-electron chi connectivity index (χ2n) is 3.29. The minimum absolute atomic E-state index is 0.0760. The minimum atomic E-state index is -0.438. The molecule has 0 aromatic carbocycles. The lowest BCUT2D eigenvalue weighted by atomic mass is 10.3. The summed E-state index contributed by atoms with van der Waals surface area (Å²) in [5.41, 5.74) is 0.619. The molecule has 0 aliphatic rings. The summed E-state index contributed by atoms with van der Waals surface area (Å²) in [7, 11) is 0. The second kappa shape index (κ2) is 5.65.